The molecular formula is C16H19O6PS. The molecule has 0 spiro atoms. The SMILES string of the molecule is O=P(O)(O)Sc1cccc(O)c1C(O)CCCc1ccc(O)cc1. The molecule has 0 amide bonds. The lowest BCUT2D eigenvalue weighted by molar-refractivity contribution is 0.158. The topological polar surface area (TPSA) is 118 Å². The van der Waals surface area contributed by atoms with Crippen LogP contribution in [0.1, 0.15) is 30.1 Å². The maximum Gasteiger partial charge on any atom is 0.388 e. The van der Waals surface area contributed by atoms with Crippen LogP contribution in [0, 0.1) is 0 Å². The summed E-state index contributed by atoms with van der Waals surface area (Å²) in [7, 11) is 0. The summed E-state index contributed by atoms with van der Waals surface area (Å²) in [5, 5.41) is 29.5. The lowest BCUT2D eigenvalue weighted by Gasteiger charge is -2.17. The summed E-state index contributed by atoms with van der Waals surface area (Å²) >= 11 is 0.320. The van der Waals surface area contributed by atoms with Gasteiger partial charge >= 0.3 is 6.80 Å². The van der Waals surface area contributed by atoms with Gasteiger partial charge < -0.3 is 25.1 Å². The van der Waals surface area contributed by atoms with Gasteiger partial charge in [0.25, 0.3) is 0 Å². The van der Waals surface area contributed by atoms with Gasteiger partial charge in [-0.1, -0.05) is 18.2 Å². The van der Waals surface area contributed by atoms with E-state index in [0.717, 1.165) is 5.56 Å². The Labute approximate surface area is 143 Å². The molecule has 130 valence electrons. The largest absolute Gasteiger partial charge is 0.508 e. The molecule has 8 heteroatoms. The minimum atomic E-state index is -4.38. The molecule has 0 fully saturated rings. The monoisotopic (exact) mass is 370 g/mol. The maximum absolute atomic E-state index is 11.2. The predicted octanol–water partition coefficient (Wildman–Crippen LogP) is 3.34. The van der Waals surface area contributed by atoms with Gasteiger partial charge in [0.15, 0.2) is 0 Å². The molecule has 0 radical (unpaired) electrons. The fraction of sp³-hybridized carbons (Fsp3) is 0.250. The van der Waals surface area contributed by atoms with E-state index in [1.807, 2.05) is 0 Å². The van der Waals surface area contributed by atoms with Gasteiger partial charge in [0.2, 0.25) is 0 Å². The first kappa shape index (κ1) is 18.8. The molecule has 6 nitrogen and oxygen atoms in total. The number of hydrogen-bond donors (Lipinski definition) is 5. The standard InChI is InChI=1S/C16H19O6PS/c17-12-9-7-11(8-10-12)3-1-4-13(18)16-14(19)5-2-6-15(16)24-23(20,21)22/h2,5-10,13,17-19H,1,3-4H2,(H2,20,21,22). The van der Waals surface area contributed by atoms with Gasteiger partial charge in [0.1, 0.15) is 11.5 Å². The second kappa shape index (κ2) is 8.05. The Balaban J connectivity index is 2.04. The molecule has 0 bridgehead atoms. The number of benzene rings is 2. The number of rotatable bonds is 7. The van der Waals surface area contributed by atoms with E-state index in [2.05, 4.69) is 0 Å². The van der Waals surface area contributed by atoms with Crippen LogP contribution in [0.5, 0.6) is 11.5 Å². The van der Waals surface area contributed by atoms with Crippen molar-refractivity contribution in [3.05, 3.63) is 53.6 Å². The Morgan fingerprint density at radius 3 is 2.33 bits per heavy atom. The predicted molar refractivity (Wildman–Crippen MR) is 92.0 cm³/mol. The molecule has 2 aromatic carbocycles. The van der Waals surface area contributed by atoms with E-state index in [1.165, 1.54) is 18.2 Å². The van der Waals surface area contributed by atoms with Crippen molar-refractivity contribution < 1.29 is 29.7 Å². The summed E-state index contributed by atoms with van der Waals surface area (Å²) in [6.45, 7) is -4.38. The van der Waals surface area contributed by atoms with Gasteiger partial charge in [0.05, 0.1) is 6.10 Å². The smallest absolute Gasteiger partial charge is 0.388 e. The fourth-order valence-electron chi connectivity index (χ4n) is 2.38. The van der Waals surface area contributed by atoms with Gasteiger partial charge in [-0.3, -0.25) is 0 Å². The van der Waals surface area contributed by atoms with Crippen LogP contribution in [0.15, 0.2) is 47.4 Å². The Morgan fingerprint density at radius 1 is 1.04 bits per heavy atom. The van der Waals surface area contributed by atoms with Crippen LogP contribution in [0.25, 0.3) is 0 Å². The lowest BCUT2D eigenvalue weighted by Crippen LogP contribution is -2.01. The second-order valence-corrected chi connectivity index (χ2v) is 8.92. The minimum absolute atomic E-state index is 0.136. The van der Waals surface area contributed by atoms with E-state index in [4.69, 9.17) is 9.79 Å². The van der Waals surface area contributed by atoms with Gasteiger partial charge in [-0.05, 0) is 60.5 Å². The fourth-order valence-corrected chi connectivity index (χ4v) is 4.36. The normalized spacial score (nSPS) is 13.0. The number of aryl methyl sites for hydroxylation is 1. The van der Waals surface area contributed by atoms with E-state index in [9.17, 15) is 19.9 Å². The average molecular weight is 370 g/mol. The van der Waals surface area contributed by atoms with Crippen LogP contribution >= 0.6 is 18.2 Å². The molecule has 0 aliphatic rings. The van der Waals surface area contributed by atoms with Crippen LogP contribution in [-0.2, 0) is 11.0 Å². The van der Waals surface area contributed by atoms with Gasteiger partial charge in [-0.25, -0.2) is 4.57 Å². The number of aliphatic hydroxyl groups excluding tert-OH is 1. The van der Waals surface area contributed by atoms with E-state index in [0.29, 0.717) is 30.6 Å². The summed E-state index contributed by atoms with van der Waals surface area (Å²) in [4.78, 5) is 18.4. The summed E-state index contributed by atoms with van der Waals surface area (Å²) in [6, 6.07) is 11.1. The summed E-state index contributed by atoms with van der Waals surface area (Å²) in [6.07, 6.45) is 0.580. The van der Waals surface area contributed by atoms with Crippen molar-refractivity contribution in [3.63, 3.8) is 0 Å². The summed E-state index contributed by atoms with van der Waals surface area (Å²) < 4.78 is 11.2. The Hall–Kier alpha value is -1.50. The number of hydrogen-bond acceptors (Lipinski definition) is 5. The third-order valence-electron chi connectivity index (χ3n) is 3.47. The van der Waals surface area contributed by atoms with E-state index >= 15 is 0 Å². The summed E-state index contributed by atoms with van der Waals surface area (Å²) in [5.41, 5.74) is 1.14. The second-order valence-electron chi connectivity index (χ2n) is 5.35. The number of phenols is 2. The summed E-state index contributed by atoms with van der Waals surface area (Å²) in [5.74, 6) is -0.00215. The van der Waals surface area contributed by atoms with Gasteiger partial charge in [-0.15, -0.1) is 0 Å². The minimum Gasteiger partial charge on any atom is -0.508 e. The van der Waals surface area contributed by atoms with Crippen LogP contribution in [0.3, 0.4) is 0 Å². The van der Waals surface area contributed by atoms with Crippen LogP contribution < -0.4 is 0 Å². The number of aliphatic hydroxyl groups is 1. The zero-order chi connectivity index (χ0) is 17.7. The van der Waals surface area contributed by atoms with Crippen LogP contribution in [0.4, 0.5) is 0 Å². The van der Waals surface area contributed by atoms with Crippen molar-refractivity contribution in [2.45, 2.75) is 30.3 Å². The molecular weight excluding hydrogens is 351 g/mol. The molecule has 1 unspecified atom stereocenters. The van der Waals surface area contributed by atoms with Gasteiger partial charge in [-0.2, -0.15) is 0 Å². The van der Waals surface area contributed by atoms with Crippen LogP contribution in [-0.4, -0.2) is 25.1 Å². The molecule has 1 atom stereocenters. The third-order valence-corrected chi connectivity index (χ3v) is 5.57. The first-order valence-electron chi connectivity index (χ1n) is 7.29. The lowest BCUT2D eigenvalue weighted by atomic mass is 10.0. The Kier molecular flexibility index (Phi) is 6.32. The molecule has 0 saturated carbocycles. The van der Waals surface area contributed by atoms with E-state index < -0.39 is 12.9 Å². The molecule has 5 N–H and O–H groups in total. The average Bonchev–Trinajstić information content (AvgIpc) is 2.47. The zero-order valence-electron chi connectivity index (χ0n) is 12.7. The van der Waals surface area contributed by atoms with E-state index in [1.54, 1.807) is 24.3 Å². The molecule has 2 aromatic rings. The highest BCUT2D eigenvalue weighted by atomic mass is 32.7. The van der Waals surface area contributed by atoms with Crippen molar-refractivity contribution in [1.82, 2.24) is 0 Å². The third kappa shape index (κ3) is 5.54. The van der Waals surface area contributed by atoms with Crippen LogP contribution in [0.2, 0.25) is 0 Å². The molecule has 0 aliphatic heterocycles. The molecule has 2 rings (SSSR count). The highest BCUT2D eigenvalue weighted by Crippen LogP contribution is 2.56. The number of aromatic hydroxyl groups is 2. The molecule has 0 aliphatic carbocycles. The molecule has 24 heavy (non-hydrogen) atoms. The van der Waals surface area contributed by atoms with Crippen molar-refractivity contribution >= 4 is 18.2 Å². The molecule has 0 aromatic heterocycles. The zero-order valence-corrected chi connectivity index (χ0v) is 14.5. The molecule has 0 saturated heterocycles. The molecule has 0 heterocycles. The Morgan fingerprint density at radius 2 is 1.71 bits per heavy atom. The van der Waals surface area contributed by atoms with E-state index in [-0.39, 0.29) is 22.0 Å². The first-order chi connectivity index (χ1) is 11.3. The Bertz CT molecular complexity index is 728. The maximum atomic E-state index is 11.2. The van der Waals surface area contributed by atoms with Crippen molar-refractivity contribution in [3.8, 4) is 11.5 Å². The quantitative estimate of drug-likeness (QED) is 0.474. The highest BCUT2D eigenvalue weighted by Gasteiger charge is 2.23. The highest BCUT2D eigenvalue weighted by molar-refractivity contribution is 8.54. The van der Waals surface area contributed by atoms with Gasteiger partial charge in [0, 0.05) is 10.5 Å². The number of phenolic OH excluding ortho intramolecular Hbond substituents is 2. The first-order valence-corrected chi connectivity index (χ1v) is 10.3. The van der Waals surface area contributed by atoms with Crippen molar-refractivity contribution in [2.24, 2.45) is 0 Å². The van der Waals surface area contributed by atoms with Crippen molar-refractivity contribution in [2.75, 3.05) is 0 Å². The van der Waals surface area contributed by atoms with Crippen molar-refractivity contribution in [1.29, 1.82) is 0 Å².